The number of nitrogens with zero attached hydrogens (tertiary/aromatic N) is 1. The topological polar surface area (TPSA) is 42.2 Å². The summed E-state index contributed by atoms with van der Waals surface area (Å²) in [6.45, 7) is 5.47. The van der Waals surface area contributed by atoms with E-state index in [1.807, 2.05) is 24.3 Å². The summed E-state index contributed by atoms with van der Waals surface area (Å²) in [6.07, 6.45) is 17.2. The predicted molar refractivity (Wildman–Crippen MR) is 156 cm³/mol. The number of nitrogens with one attached hydrogen (secondary N) is 1. The Kier molecular flexibility index (Phi) is 13.3. The van der Waals surface area contributed by atoms with Gasteiger partial charge in [-0.1, -0.05) is 107 Å². The number of unbranched alkanes of at least 4 members (excludes halogenated alkanes) is 11. The largest absolute Gasteiger partial charge is 0.490 e. The monoisotopic (exact) mass is 539 g/mol. The Morgan fingerprint density at radius 1 is 0.921 bits per heavy atom. The third kappa shape index (κ3) is 10.6. The fraction of sp³-hybridized carbons (Fsp3) is 0.500. The number of carbonyl (C=O) groups is 1. The van der Waals surface area contributed by atoms with Gasteiger partial charge in [0.1, 0.15) is 0 Å². The minimum absolute atomic E-state index is 0.0357. The molecule has 0 unspecified atom stereocenters. The van der Waals surface area contributed by atoms with Gasteiger partial charge in [-0.3, -0.25) is 4.79 Å². The molecule has 0 bridgehead atoms. The molecule has 2 aromatic carbocycles. The molecule has 0 aliphatic rings. The van der Waals surface area contributed by atoms with Gasteiger partial charge in [-0.15, -0.1) is 0 Å². The number of aryl methyl sites for hydroxylation is 1. The van der Waals surface area contributed by atoms with Crippen LogP contribution in [-0.2, 0) is 6.54 Å². The van der Waals surface area contributed by atoms with E-state index in [9.17, 15) is 9.18 Å². The third-order valence-corrected chi connectivity index (χ3v) is 7.58. The van der Waals surface area contributed by atoms with E-state index in [0.717, 1.165) is 24.9 Å². The number of rotatable bonds is 18. The van der Waals surface area contributed by atoms with Crippen LogP contribution in [0.15, 0.2) is 54.2 Å². The molecular weight excluding hydrogens is 495 g/mol. The zero-order valence-electron chi connectivity index (χ0n) is 23.1. The highest BCUT2D eigenvalue weighted by Gasteiger charge is 2.17. The lowest BCUT2D eigenvalue weighted by atomic mass is 10.1. The Labute approximate surface area is 232 Å². The summed E-state index contributed by atoms with van der Waals surface area (Å²) < 4.78 is 22.5. The standard InChI is InChI=1S/C32H43FN2O2S/c1-3-4-5-6-7-8-9-10-11-12-13-14-21-37-31-29(19-16-20-30(31)33)32(36)34-28-18-15-17-27(22-28)24-35-23-26(2)38-25-35/h15-20,22-23,25H,3-14,21,24H2,1-2H3/p+1. The van der Waals surface area contributed by atoms with Gasteiger partial charge < -0.3 is 10.1 Å². The zero-order chi connectivity index (χ0) is 27.0. The Bertz CT molecular complexity index is 1110. The molecule has 1 N–H and O–H groups in total. The third-order valence-electron chi connectivity index (χ3n) is 6.73. The van der Waals surface area contributed by atoms with Crippen molar-refractivity contribution in [2.75, 3.05) is 11.9 Å². The average molecular weight is 540 g/mol. The first kappa shape index (κ1) is 29.8. The number of carbonyl (C=O) groups excluding carboxylic acids is 1. The minimum atomic E-state index is -0.505. The van der Waals surface area contributed by atoms with Crippen molar-refractivity contribution in [3.8, 4) is 5.75 Å². The van der Waals surface area contributed by atoms with Gasteiger partial charge in [0.25, 0.3) is 5.91 Å². The van der Waals surface area contributed by atoms with Crippen molar-refractivity contribution in [3.05, 3.63) is 76.0 Å². The quantitative estimate of drug-likeness (QED) is 0.130. The number of hydrogen-bond acceptors (Lipinski definition) is 3. The predicted octanol–water partition coefficient (Wildman–Crippen LogP) is 8.86. The lowest BCUT2D eigenvalue weighted by Gasteiger charge is -2.13. The average Bonchev–Trinajstić information content (AvgIpc) is 3.31. The van der Waals surface area contributed by atoms with E-state index in [1.54, 1.807) is 23.5 Å². The van der Waals surface area contributed by atoms with Crippen LogP contribution < -0.4 is 14.6 Å². The lowest BCUT2D eigenvalue weighted by molar-refractivity contribution is -0.683. The van der Waals surface area contributed by atoms with Crippen molar-refractivity contribution >= 4 is 22.9 Å². The van der Waals surface area contributed by atoms with Gasteiger partial charge >= 0.3 is 0 Å². The molecule has 0 atom stereocenters. The van der Waals surface area contributed by atoms with Crippen molar-refractivity contribution < 1.29 is 18.5 Å². The number of ether oxygens (including phenoxy) is 1. The molecule has 0 aliphatic carbocycles. The van der Waals surface area contributed by atoms with E-state index >= 15 is 0 Å². The number of benzene rings is 2. The molecule has 0 saturated heterocycles. The van der Waals surface area contributed by atoms with E-state index in [1.165, 1.54) is 75.2 Å². The Morgan fingerprint density at radius 3 is 2.24 bits per heavy atom. The maximum Gasteiger partial charge on any atom is 0.259 e. The number of thiazole rings is 1. The van der Waals surface area contributed by atoms with Crippen LogP contribution in [0.3, 0.4) is 0 Å². The summed E-state index contributed by atoms with van der Waals surface area (Å²) in [5.41, 5.74) is 4.05. The van der Waals surface area contributed by atoms with Crippen molar-refractivity contribution in [2.45, 2.75) is 97.4 Å². The van der Waals surface area contributed by atoms with Crippen LogP contribution in [0.4, 0.5) is 10.1 Å². The van der Waals surface area contributed by atoms with Gasteiger partial charge in [0.15, 0.2) is 24.3 Å². The van der Waals surface area contributed by atoms with Crippen LogP contribution >= 0.6 is 11.3 Å². The summed E-state index contributed by atoms with van der Waals surface area (Å²) in [5, 5.41) is 2.91. The Balaban J connectivity index is 1.40. The van der Waals surface area contributed by atoms with Gasteiger partial charge in [-0.05, 0) is 37.6 Å². The van der Waals surface area contributed by atoms with E-state index in [0.29, 0.717) is 12.3 Å². The van der Waals surface area contributed by atoms with Crippen LogP contribution in [-0.4, -0.2) is 12.5 Å². The van der Waals surface area contributed by atoms with Crippen LogP contribution in [0.5, 0.6) is 5.75 Å². The Hall–Kier alpha value is -2.73. The number of amides is 1. The first-order valence-electron chi connectivity index (χ1n) is 14.3. The molecule has 1 heterocycles. The number of hydrogen-bond donors (Lipinski definition) is 1. The fourth-order valence-corrected chi connectivity index (χ4v) is 5.27. The highest BCUT2D eigenvalue weighted by atomic mass is 32.1. The smallest absolute Gasteiger partial charge is 0.259 e. The molecule has 0 aliphatic heterocycles. The van der Waals surface area contributed by atoms with Crippen molar-refractivity contribution in [3.63, 3.8) is 0 Å². The van der Waals surface area contributed by atoms with Crippen molar-refractivity contribution in [2.24, 2.45) is 0 Å². The number of aromatic nitrogens is 1. The molecule has 38 heavy (non-hydrogen) atoms. The first-order valence-corrected chi connectivity index (χ1v) is 15.2. The lowest BCUT2D eigenvalue weighted by Crippen LogP contribution is -2.30. The highest BCUT2D eigenvalue weighted by molar-refractivity contribution is 7.09. The second-order valence-corrected chi connectivity index (χ2v) is 11.2. The first-order chi connectivity index (χ1) is 18.6. The molecular formula is C32H44FN2O2S+. The normalized spacial score (nSPS) is 11.0. The van der Waals surface area contributed by atoms with Crippen LogP contribution in [0.25, 0.3) is 0 Å². The summed E-state index contributed by atoms with van der Waals surface area (Å²) in [5.74, 6) is -0.839. The molecule has 1 amide bonds. The van der Waals surface area contributed by atoms with E-state index in [4.69, 9.17) is 4.74 Å². The summed E-state index contributed by atoms with van der Waals surface area (Å²) in [4.78, 5) is 14.3. The van der Waals surface area contributed by atoms with E-state index in [2.05, 4.69) is 35.4 Å². The summed E-state index contributed by atoms with van der Waals surface area (Å²) >= 11 is 1.70. The molecule has 1 aromatic heterocycles. The maximum absolute atomic E-state index is 14.6. The molecule has 0 spiro atoms. The highest BCUT2D eigenvalue weighted by Crippen LogP contribution is 2.25. The number of halogens is 1. The summed E-state index contributed by atoms with van der Waals surface area (Å²) in [6, 6.07) is 12.2. The zero-order valence-corrected chi connectivity index (χ0v) is 24.0. The van der Waals surface area contributed by atoms with Gasteiger partial charge in [-0.2, -0.15) is 4.57 Å². The number of para-hydroxylation sites is 1. The van der Waals surface area contributed by atoms with Gasteiger partial charge in [0.2, 0.25) is 5.51 Å². The van der Waals surface area contributed by atoms with E-state index < -0.39 is 5.82 Å². The van der Waals surface area contributed by atoms with Crippen LogP contribution in [0.1, 0.15) is 105 Å². The maximum atomic E-state index is 14.6. The van der Waals surface area contributed by atoms with Crippen molar-refractivity contribution in [1.82, 2.24) is 0 Å². The van der Waals surface area contributed by atoms with Gasteiger partial charge in [0, 0.05) is 11.3 Å². The second-order valence-electron chi connectivity index (χ2n) is 10.1. The molecule has 3 rings (SSSR count). The summed E-state index contributed by atoms with van der Waals surface area (Å²) in [7, 11) is 0. The van der Waals surface area contributed by atoms with Gasteiger partial charge in [0.05, 0.1) is 17.0 Å². The molecule has 0 radical (unpaired) electrons. The van der Waals surface area contributed by atoms with Gasteiger partial charge in [-0.25, -0.2) is 4.39 Å². The Morgan fingerprint density at radius 2 is 1.58 bits per heavy atom. The molecule has 0 saturated carbocycles. The van der Waals surface area contributed by atoms with E-state index in [-0.39, 0.29) is 17.2 Å². The second kappa shape index (κ2) is 17.0. The molecule has 6 heteroatoms. The minimum Gasteiger partial charge on any atom is -0.490 e. The van der Waals surface area contributed by atoms with Crippen molar-refractivity contribution in [1.29, 1.82) is 0 Å². The molecule has 4 nitrogen and oxygen atoms in total. The SMILES string of the molecule is CCCCCCCCCCCCCCOc1c(F)cccc1C(=O)Nc1cccc(C[n+]2csc(C)c2)c1. The fourth-order valence-electron chi connectivity index (χ4n) is 4.64. The number of anilines is 1. The van der Waals surface area contributed by atoms with Crippen LogP contribution in [0.2, 0.25) is 0 Å². The molecule has 206 valence electrons. The van der Waals surface area contributed by atoms with Crippen LogP contribution in [0, 0.1) is 12.7 Å². The molecule has 0 fully saturated rings. The molecule has 3 aromatic rings.